The fourth-order valence-electron chi connectivity index (χ4n) is 1.92. The molecule has 0 bridgehead atoms. The summed E-state index contributed by atoms with van der Waals surface area (Å²) < 4.78 is 10.1. The van der Waals surface area contributed by atoms with E-state index in [1.807, 2.05) is 6.92 Å². The van der Waals surface area contributed by atoms with Crippen LogP contribution in [0, 0.1) is 0 Å². The molecule has 0 fully saturated rings. The molecule has 0 rings (SSSR count). The Morgan fingerprint density at radius 3 is 2.32 bits per heavy atom. The number of alkyl carbamates (subject to hydrolysis) is 1. The maximum absolute atomic E-state index is 11.9. The highest BCUT2D eigenvalue weighted by Gasteiger charge is 2.21. The molecule has 1 atom stereocenters. The van der Waals surface area contributed by atoms with Crippen LogP contribution in [0.2, 0.25) is 0 Å². The van der Waals surface area contributed by atoms with Crippen molar-refractivity contribution in [2.45, 2.75) is 71.3 Å². The second-order valence-corrected chi connectivity index (χ2v) is 5.29. The lowest BCUT2D eigenvalue weighted by Gasteiger charge is -2.16. The second kappa shape index (κ2) is 14.4. The van der Waals surface area contributed by atoms with Gasteiger partial charge in [-0.3, -0.25) is 0 Å². The van der Waals surface area contributed by atoms with Crippen LogP contribution in [0.5, 0.6) is 0 Å². The summed E-state index contributed by atoms with van der Waals surface area (Å²) in [6, 6.07) is -0.720. The summed E-state index contributed by atoms with van der Waals surface area (Å²) in [5, 5.41) is 2.51. The molecule has 5 heteroatoms. The van der Waals surface area contributed by atoms with Gasteiger partial charge in [0.1, 0.15) is 6.04 Å². The van der Waals surface area contributed by atoms with Crippen molar-refractivity contribution in [1.82, 2.24) is 5.32 Å². The number of hydrogen-bond donors (Lipinski definition) is 1. The van der Waals surface area contributed by atoms with Gasteiger partial charge in [-0.15, -0.1) is 6.58 Å². The smallest absolute Gasteiger partial charge is 0.407 e. The summed E-state index contributed by atoms with van der Waals surface area (Å²) in [6.45, 7) is 8.40. The van der Waals surface area contributed by atoms with Crippen LogP contribution in [0.4, 0.5) is 4.79 Å². The second-order valence-electron chi connectivity index (χ2n) is 5.29. The molecule has 0 aliphatic heterocycles. The molecule has 5 nitrogen and oxygen atoms in total. The standard InChI is InChI=1S/C17H31NO4/c1-4-7-8-9-10-11-14-21-16(19)15(12-5-2)18-17(20)22-13-6-3/h5,15H,2,4,6-14H2,1,3H3,(H,18,20). The minimum absolute atomic E-state index is 0.330. The zero-order valence-electron chi connectivity index (χ0n) is 14.1. The lowest BCUT2D eigenvalue weighted by molar-refractivity contribution is -0.146. The molecule has 0 saturated heterocycles. The number of unbranched alkanes of at least 4 members (excludes halogenated alkanes) is 5. The Morgan fingerprint density at radius 1 is 1.00 bits per heavy atom. The molecule has 1 unspecified atom stereocenters. The number of carbonyl (C=O) groups is 2. The monoisotopic (exact) mass is 313 g/mol. The average Bonchev–Trinajstić information content (AvgIpc) is 2.51. The van der Waals surface area contributed by atoms with Crippen molar-refractivity contribution in [2.24, 2.45) is 0 Å². The van der Waals surface area contributed by atoms with Gasteiger partial charge < -0.3 is 14.8 Å². The van der Waals surface area contributed by atoms with Gasteiger partial charge in [0.25, 0.3) is 0 Å². The van der Waals surface area contributed by atoms with E-state index < -0.39 is 18.1 Å². The Morgan fingerprint density at radius 2 is 1.68 bits per heavy atom. The van der Waals surface area contributed by atoms with Crippen molar-refractivity contribution in [3.8, 4) is 0 Å². The minimum Gasteiger partial charge on any atom is -0.464 e. The van der Waals surface area contributed by atoms with E-state index in [0.717, 1.165) is 19.3 Å². The summed E-state index contributed by atoms with van der Waals surface area (Å²) >= 11 is 0. The van der Waals surface area contributed by atoms with E-state index in [2.05, 4.69) is 18.8 Å². The summed E-state index contributed by atoms with van der Waals surface area (Å²) in [5.41, 5.74) is 0. The number of amides is 1. The fourth-order valence-corrected chi connectivity index (χ4v) is 1.92. The zero-order chi connectivity index (χ0) is 16.6. The maximum Gasteiger partial charge on any atom is 0.407 e. The molecule has 0 radical (unpaired) electrons. The molecule has 0 aromatic carbocycles. The van der Waals surface area contributed by atoms with Crippen LogP contribution in [0.1, 0.15) is 65.2 Å². The first-order chi connectivity index (χ1) is 10.7. The number of hydrogen-bond acceptors (Lipinski definition) is 4. The van der Waals surface area contributed by atoms with E-state index in [4.69, 9.17) is 9.47 Å². The number of nitrogens with one attached hydrogen (secondary N) is 1. The third-order valence-corrected chi connectivity index (χ3v) is 3.16. The third kappa shape index (κ3) is 11.2. The molecule has 0 heterocycles. The number of esters is 1. The zero-order valence-corrected chi connectivity index (χ0v) is 14.1. The quantitative estimate of drug-likeness (QED) is 0.317. The van der Waals surface area contributed by atoms with Crippen LogP contribution in [-0.2, 0) is 14.3 Å². The largest absolute Gasteiger partial charge is 0.464 e. The minimum atomic E-state index is -0.720. The molecule has 128 valence electrons. The van der Waals surface area contributed by atoms with Crippen molar-refractivity contribution >= 4 is 12.1 Å². The van der Waals surface area contributed by atoms with Gasteiger partial charge in [-0.2, -0.15) is 0 Å². The van der Waals surface area contributed by atoms with Crippen LogP contribution in [0.15, 0.2) is 12.7 Å². The van der Waals surface area contributed by atoms with Gasteiger partial charge >= 0.3 is 12.1 Å². The lowest BCUT2D eigenvalue weighted by atomic mass is 10.1. The number of ether oxygens (including phenoxy) is 2. The first-order valence-electron chi connectivity index (χ1n) is 8.36. The molecule has 1 amide bonds. The summed E-state index contributed by atoms with van der Waals surface area (Å²) in [5.74, 6) is -0.429. The van der Waals surface area contributed by atoms with Gasteiger partial charge in [0.2, 0.25) is 0 Å². The van der Waals surface area contributed by atoms with E-state index in [-0.39, 0.29) is 0 Å². The fraction of sp³-hybridized carbons (Fsp3) is 0.765. The Labute approximate surface area is 134 Å². The van der Waals surface area contributed by atoms with E-state index in [0.29, 0.717) is 19.6 Å². The van der Waals surface area contributed by atoms with E-state index in [9.17, 15) is 9.59 Å². The summed E-state index contributed by atoms with van der Waals surface area (Å²) in [6.07, 6.45) is 8.85. The van der Waals surface area contributed by atoms with Crippen molar-refractivity contribution < 1.29 is 19.1 Å². The van der Waals surface area contributed by atoms with Crippen molar-refractivity contribution in [3.63, 3.8) is 0 Å². The Balaban J connectivity index is 3.93. The highest BCUT2D eigenvalue weighted by atomic mass is 16.6. The summed E-state index contributed by atoms with van der Waals surface area (Å²) in [7, 11) is 0. The van der Waals surface area contributed by atoms with E-state index in [1.165, 1.54) is 25.7 Å². The topological polar surface area (TPSA) is 64.6 Å². The van der Waals surface area contributed by atoms with Gasteiger partial charge in [0.05, 0.1) is 13.2 Å². The number of carbonyl (C=O) groups excluding carboxylic acids is 2. The molecule has 0 spiro atoms. The van der Waals surface area contributed by atoms with Crippen molar-refractivity contribution in [3.05, 3.63) is 12.7 Å². The van der Waals surface area contributed by atoms with Crippen LogP contribution >= 0.6 is 0 Å². The van der Waals surface area contributed by atoms with E-state index >= 15 is 0 Å². The molecule has 0 aromatic rings. The lowest BCUT2D eigenvalue weighted by Crippen LogP contribution is -2.42. The Kier molecular flexibility index (Phi) is 13.4. The van der Waals surface area contributed by atoms with Crippen LogP contribution < -0.4 is 5.32 Å². The van der Waals surface area contributed by atoms with Crippen LogP contribution in [0.25, 0.3) is 0 Å². The highest BCUT2D eigenvalue weighted by molar-refractivity contribution is 5.81. The van der Waals surface area contributed by atoms with E-state index in [1.54, 1.807) is 6.08 Å². The van der Waals surface area contributed by atoms with Gasteiger partial charge in [0.15, 0.2) is 0 Å². The van der Waals surface area contributed by atoms with Crippen LogP contribution in [-0.4, -0.2) is 31.3 Å². The first kappa shape index (κ1) is 20.5. The van der Waals surface area contributed by atoms with Gasteiger partial charge in [-0.25, -0.2) is 9.59 Å². The Bertz CT molecular complexity index is 318. The normalized spacial score (nSPS) is 11.5. The van der Waals surface area contributed by atoms with Gasteiger partial charge in [-0.05, 0) is 19.3 Å². The molecule has 0 aliphatic rings. The molecular formula is C17H31NO4. The summed E-state index contributed by atoms with van der Waals surface area (Å²) in [4.78, 5) is 23.4. The molecule has 22 heavy (non-hydrogen) atoms. The van der Waals surface area contributed by atoms with Gasteiger partial charge in [0, 0.05) is 0 Å². The van der Waals surface area contributed by atoms with Crippen molar-refractivity contribution in [2.75, 3.05) is 13.2 Å². The van der Waals surface area contributed by atoms with Crippen LogP contribution in [0.3, 0.4) is 0 Å². The maximum atomic E-state index is 11.9. The number of rotatable bonds is 13. The van der Waals surface area contributed by atoms with Crippen molar-refractivity contribution in [1.29, 1.82) is 0 Å². The molecule has 0 saturated carbocycles. The highest BCUT2D eigenvalue weighted by Crippen LogP contribution is 2.06. The predicted molar refractivity (Wildman–Crippen MR) is 87.7 cm³/mol. The predicted octanol–water partition coefficient (Wildman–Crippen LogP) is 3.97. The third-order valence-electron chi connectivity index (χ3n) is 3.16. The molecule has 0 aromatic heterocycles. The first-order valence-corrected chi connectivity index (χ1v) is 8.36. The molecule has 1 N–H and O–H groups in total. The van der Waals surface area contributed by atoms with Gasteiger partial charge in [-0.1, -0.05) is 52.0 Å². The Hall–Kier alpha value is -1.52. The molecule has 0 aliphatic carbocycles. The molecular weight excluding hydrogens is 282 g/mol. The SMILES string of the molecule is C=CCC(NC(=O)OCCC)C(=O)OCCCCCCCC. The average molecular weight is 313 g/mol.